The molecule has 0 spiro atoms. The van der Waals surface area contributed by atoms with Crippen LogP contribution in [0, 0.1) is 28.1 Å². The Bertz CT molecular complexity index is 2340. The maximum atomic E-state index is 13.9. The fourth-order valence-corrected chi connectivity index (χ4v) is 11.5. The number of rotatable bonds is 8. The van der Waals surface area contributed by atoms with E-state index in [9.17, 15) is 29.2 Å². The predicted octanol–water partition coefficient (Wildman–Crippen LogP) is 5.49. The van der Waals surface area contributed by atoms with Crippen molar-refractivity contribution in [2.24, 2.45) is 16.7 Å². The summed E-state index contributed by atoms with van der Waals surface area (Å²) in [7, 11) is 0. The standard InChI is InChI=1S/C46H50ClN7O6/c1-45(2)43(46(3,4)44(45)60-32-8-5-28(24-48)36(47)23-32)53-26-29-21-30(6-9-33(29)40(53)57)52-19-17-50(18-20-52)25-27-13-15-51(16-14-27)31-7-10-34-35(22-31)42(59)54(41(34)58)37-11-12-38(55)49-39(37)56/h5-10,21-23,27,37,43-44H,11-20,25-26H2,1-4H3,(H,49,55,56)/t37?,43-,44-. The van der Waals surface area contributed by atoms with Crippen molar-refractivity contribution in [3.05, 3.63) is 87.4 Å². The minimum Gasteiger partial charge on any atom is -0.489 e. The average molecular weight is 832 g/mol. The van der Waals surface area contributed by atoms with Gasteiger partial charge in [0.1, 0.15) is 24.0 Å². The van der Waals surface area contributed by atoms with Gasteiger partial charge in [0.15, 0.2) is 0 Å². The van der Waals surface area contributed by atoms with E-state index in [0.29, 0.717) is 39.9 Å². The smallest absolute Gasteiger partial charge is 0.262 e. The van der Waals surface area contributed by atoms with E-state index in [-0.39, 0.29) is 41.7 Å². The van der Waals surface area contributed by atoms with Crippen LogP contribution in [0.3, 0.4) is 0 Å². The number of hydrogen-bond acceptors (Lipinski definition) is 10. The van der Waals surface area contributed by atoms with Gasteiger partial charge in [0, 0.05) is 98.7 Å². The number of nitriles is 1. The Labute approximate surface area is 355 Å². The Hall–Kier alpha value is -5.45. The second kappa shape index (κ2) is 14.9. The van der Waals surface area contributed by atoms with Crippen LogP contribution >= 0.6 is 11.6 Å². The Morgan fingerprint density at radius 1 is 0.767 bits per heavy atom. The fourth-order valence-electron chi connectivity index (χ4n) is 11.3. The molecule has 3 aromatic rings. The summed E-state index contributed by atoms with van der Waals surface area (Å²) in [6, 6.07) is 17.9. The normalized spacial score (nSPS) is 25.2. The number of piperazine rings is 1. The predicted molar refractivity (Wildman–Crippen MR) is 225 cm³/mol. The molecule has 5 aliphatic heterocycles. The fraction of sp³-hybridized carbons (Fsp3) is 0.478. The molecule has 1 aliphatic carbocycles. The number of benzene rings is 3. The van der Waals surface area contributed by atoms with Gasteiger partial charge in [-0.2, -0.15) is 5.26 Å². The highest BCUT2D eigenvalue weighted by Crippen LogP contribution is 2.59. The zero-order chi connectivity index (χ0) is 42.2. The molecule has 312 valence electrons. The van der Waals surface area contributed by atoms with Gasteiger partial charge in [-0.3, -0.25) is 39.1 Å². The minimum absolute atomic E-state index is 0.0382. The molecule has 0 aromatic heterocycles. The molecule has 4 fully saturated rings. The molecule has 1 unspecified atom stereocenters. The Kier molecular flexibility index (Phi) is 9.94. The molecule has 3 saturated heterocycles. The van der Waals surface area contributed by atoms with Crippen molar-refractivity contribution in [2.45, 2.75) is 78.1 Å². The number of imide groups is 2. The molecule has 1 saturated carbocycles. The van der Waals surface area contributed by atoms with Gasteiger partial charge in [-0.05, 0) is 79.3 Å². The first-order valence-corrected chi connectivity index (χ1v) is 21.4. The number of hydrogen-bond donors (Lipinski definition) is 1. The van der Waals surface area contributed by atoms with Crippen LogP contribution in [-0.2, 0) is 16.1 Å². The van der Waals surface area contributed by atoms with Crippen molar-refractivity contribution in [3.8, 4) is 11.8 Å². The highest BCUT2D eigenvalue weighted by atomic mass is 35.5. The van der Waals surface area contributed by atoms with Crippen LogP contribution in [0.2, 0.25) is 5.02 Å². The summed E-state index contributed by atoms with van der Waals surface area (Å²) >= 11 is 6.31. The maximum absolute atomic E-state index is 13.9. The first-order chi connectivity index (χ1) is 28.6. The van der Waals surface area contributed by atoms with Gasteiger partial charge in [0.2, 0.25) is 11.8 Å². The average Bonchev–Trinajstić information content (AvgIpc) is 3.67. The molecule has 9 rings (SSSR count). The summed E-state index contributed by atoms with van der Waals surface area (Å²) in [5, 5.41) is 11.9. The summed E-state index contributed by atoms with van der Waals surface area (Å²) in [6.07, 6.45) is 2.11. The Balaban J connectivity index is 0.766. The second-order valence-electron chi connectivity index (χ2n) is 18.5. The van der Waals surface area contributed by atoms with Crippen molar-refractivity contribution >= 4 is 52.5 Å². The number of carbonyl (C=O) groups is 5. The molecule has 0 radical (unpaired) electrons. The lowest BCUT2D eigenvalue weighted by molar-refractivity contribution is -0.199. The molecule has 60 heavy (non-hydrogen) atoms. The van der Waals surface area contributed by atoms with Crippen LogP contribution in [0.4, 0.5) is 11.4 Å². The number of ether oxygens (including phenoxy) is 1. The molecule has 0 bridgehead atoms. The second-order valence-corrected chi connectivity index (χ2v) is 18.9. The lowest BCUT2D eigenvalue weighted by Gasteiger charge is -2.65. The van der Waals surface area contributed by atoms with E-state index in [2.05, 4.69) is 65.9 Å². The van der Waals surface area contributed by atoms with Gasteiger partial charge in [-0.15, -0.1) is 0 Å². The van der Waals surface area contributed by atoms with E-state index < -0.39 is 29.7 Å². The van der Waals surface area contributed by atoms with Crippen LogP contribution in [0.25, 0.3) is 0 Å². The van der Waals surface area contributed by atoms with Gasteiger partial charge in [0.05, 0.1) is 21.7 Å². The van der Waals surface area contributed by atoms with E-state index in [4.69, 9.17) is 16.3 Å². The molecule has 13 nitrogen and oxygen atoms in total. The van der Waals surface area contributed by atoms with Crippen LogP contribution in [-0.4, -0.2) is 108 Å². The molecule has 1 N–H and O–H groups in total. The maximum Gasteiger partial charge on any atom is 0.262 e. The zero-order valence-corrected chi connectivity index (χ0v) is 35.3. The number of amides is 5. The number of nitrogens with zero attached hydrogens (tertiary/aromatic N) is 6. The number of nitrogens with one attached hydrogen (secondary N) is 1. The van der Waals surface area contributed by atoms with Gasteiger partial charge >= 0.3 is 0 Å². The van der Waals surface area contributed by atoms with E-state index in [0.717, 1.165) is 86.1 Å². The van der Waals surface area contributed by atoms with E-state index >= 15 is 0 Å². The number of anilines is 2. The summed E-state index contributed by atoms with van der Waals surface area (Å²) in [4.78, 5) is 74.9. The number of halogens is 1. The molecule has 6 aliphatic rings. The first-order valence-electron chi connectivity index (χ1n) is 21.0. The highest BCUT2D eigenvalue weighted by Gasteiger charge is 2.67. The molecular weight excluding hydrogens is 782 g/mol. The molecule has 14 heteroatoms. The Morgan fingerprint density at radius 2 is 1.42 bits per heavy atom. The first kappa shape index (κ1) is 40.0. The molecule has 3 aromatic carbocycles. The topological polar surface area (TPSA) is 147 Å². The van der Waals surface area contributed by atoms with Gasteiger partial charge < -0.3 is 19.4 Å². The third kappa shape index (κ3) is 6.68. The molecule has 1 atom stereocenters. The third-order valence-corrected chi connectivity index (χ3v) is 14.3. The number of fused-ring (bicyclic) bond motifs is 2. The van der Waals surface area contributed by atoms with Crippen LogP contribution < -0.4 is 19.9 Å². The monoisotopic (exact) mass is 831 g/mol. The number of piperidine rings is 2. The van der Waals surface area contributed by atoms with Crippen molar-refractivity contribution in [1.29, 1.82) is 5.26 Å². The summed E-state index contributed by atoms with van der Waals surface area (Å²) < 4.78 is 6.50. The van der Waals surface area contributed by atoms with Crippen LogP contribution in [0.1, 0.15) is 95.6 Å². The lowest BCUT2D eigenvalue weighted by atomic mass is 9.49. The van der Waals surface area contributed by atoms with Crippen LogP contribution in [0.5, 0.6) is 5.75 Å². The SMILES string of the molecule is CC1(C)[C@H](Oc2ccc(C#N)c(Cl)c2)C(C)(C)[C@H]1N1Cc2cc(N3CCN(CC4CCN(c5ccc6c(c5)C(=O)N(C5CCC(=O)NC5=O)C6=O)CC4)CC3)ccc2C1=O. The Morgan fingerprint density at radius 3 is 2.08 bits per heavy atom. The lowest BCUT2D eigenvalue weighted by Crippen LogP contribution is -2.74. The molecule has 5 heterocycles. The van der Waals surface area contributed by atoms with E-state index in [1.807, 2.05) is 17.0 Å². The quantitative estimate of drug-likeness (QED) is 0.290. The third-order valence-electron chi connectivity index (χ3n) is 14.0. The van der Waals surface area contributed by atoms with Gasteiger partial charge in [-0.1, -0.05) is 39.3 Å². The summed E-state index contributed by atoms with van der Waals surface area (Å²) in [6.45, 7) is 15.7. The zero-order valence-electron chi connectivity index (χ0n) is 34.5. The van der Waals surface area contributed by atoms with Crippen molar-refractivity contribution in [1.82, 2.24) is 20.0 Å². The van der Waals surface area contributed by atoms with E-state index in [1.165, 1.54) is 0 Å². The minimum atomic E-state index is -0.973. The largest absolute Gasteiger partial charge is 0.489 e. The van der Waals surface area contributed by atoms with Gasteiger partial charge in [-0.25, -0.2) is 0 Å². The van der Waals surface area contributed by atoms with Crippen molar-refractivity contribution in [3.63, 3.8) is 0 Å². The van der Waals surface area contributed by atoms with Crippen molar-refractivity contribution < 1.29 is 28.7 Å². The van der Waals surface area contributed by atoms with E-state index in [1.54, 1.807) is 30.3 Å². The highest BCUT2D eigenvalue weighted by molar-refractivity contribution is 6.31. The molecule has 5 amide bonds. The summed E-state index contributed by atoms with van der Waals surface area (Å²) in [5.74, 6) is -0.731. The van der Waals surface area contributed by atoms with Crippen molar-refractivity contribution in [2.75, 3.05) is 55.6 Å². The van der Waals surface area contributed by atoms with Crippen LogP contribution in [0.15, 0.2) is 54.6 Å². The molecular formula is C46H50ClN7O6. The summed E-state index contributed by atoms with van der Waals surface area (Å²) in [5.41, 5.74) is 4.24. The number of carbonyl (C=O) groups excluding carboxylic acids is 5. The van der Waals surface area contributed by atoms with Gasteiger partial charge in [0.25, 0.3) is 17.7 Å².